The first-order valence-electron chi connectivity index (χ1n) is 27.6. The highest BCUT2D eigenvalue weighted by Crippen LogP contribution is 2.41. The van der Waals surface area contributed by atoms with Gasteiger partial charge < -0.3 is 14.7 Å². The highest BCUT2D eigenvalue weighted by atomic mass is 15.2. The minimum atomic E-state index is 1.10. The molecule has 0 unspecified atom stereocenters. The van der Waals surface area contributed by atoms with E-state index >= 15 is 0 Å². The molecule has 384 valence electrons. The molecule has 13 aromatic rings. The number of nitrogens with zero attached hydrogens (tertiary/aromatic N) is 3. The number of hydrogen-bond acceptors (Lipinski definition) is 3. The first-order chi connectivity index (χ1) is 40.1. The predicted octanol–water partition coefficient (Wildman–Crippen LogP) is 22.1. The summed E-state index contributed by atoms with van der Waals surface area (Å²) < 4.78 is 0. The van der Waals surface area contributed by atoms with Gasteiger partial charge in [-0.2, -0.15) is 0 Å². The second-order valence-electron chi connectivity index (χ2n) is 20.2. The maximum Gasteiger partial charge on any atom is 0.0467 e. The lowest BCUT2D eigenvalue weighted by Crippen LogP contribution is -2.09. The van der Waals surface area contributed by atoms with E-state index < -0.39 is 0 Å². The van der Waals surface area contributed by atoms with E-state index in [1.54, 1.807) is 0 Å². The van der Waals surface area contributed by atoms with Gasteiger partial charge in [-0.3, -0.25) is 0 Å². The molecule has 0 saturated carbocycles. The highest BCUT2D eigenvalue weighted by molar-refractivity contribution is 5.86. The van der Waals surface area contributed by atoms with Crippen LogP contribution < -0.4 is 14.7 Å². The van der Waals surface area contributed by atoms with Crippen LogP contribution in [0.25, 0.3) is 66.8 Å². The smallest absolute Gasteiger partial charge is 0.0467 e. The lowest BCUT2D eigenvalue weighted by atomic mass is 9.91. The lowest BCUT2D eigenvalue weighted by Gasteiger charge is -2.26. The Morgan fingerprint density at radius 3 is 0.556 bits per heavy atom. The van der Waals surface area contributed by atoms with Crippen molar-refractivity contribution in [2.24, 2.45) is 0 Å². The van der Waals surface area contributed by atoms with E-state index in [1.165, 1.54) is 5.56 Å². The van der Waals surface area contributed by atoms with Gasteiger partial charge >= 0.3 is 0 Å². The van der Waals surface area contributed by atoms with Crippen molar-refractivity contribution in [3.8, 4) is 66.8 Å². The molecule has 13 aromatic carbocycles. The molecule has 0 bridgehead atoms. The molecule has 3 heteroatoms. The minimum Gasteiger partial charge on any atom is -0.311 e. The molecule has 0 radical (unpaired) electrons. The summed E-state index contributed by atoms with van der Waals surface area (Å²) >= 11 is 0. The van der Waals surface area contributed by atoms with Crippen molar-refractivity contribution in [3.05, 3.63) is 346 Å². The lowest BCUT2D eigenvalue weighted by molar-refractivity contribution is 1.28. The van der Waals surface area contributed by atoms with E-state index in [0.717, 1.165) is 112 Å². The maximum absolute atomic E-state index is 2.34. The summed E-state index contributed by atoms with van der Waals surface area (Å²) in [6.07, 6.45) is 0. The van der Waals surface area contributed by atoms with Crippen LogP contribution in [0.2, 0.25) is 0 Å². The third-order valence-electron chi connectivity index (χ3n) is 15.0. The zero-order valence-corrected chi connectivity index (χ0v) is 44.8. The number of benzene rings is 13. The molecule has 0 spiro atoms. The summed E-state index contributed by atoms with van der Waals surface area (Å²) in [5.41, 5.74) is 23.9. The minimum absolute atomic E-state index is 1.10. The molecule has 0 saturated heterocycles. The molecule has 3 nitrogen and oxygen atoms in total. The molecule has 0 aliphatic heterocycles. The first kappa shape index (κ1) is 49.8. The molecular weight excluding hydrogens is 979 g/mol. The van der Waals surface area contributed by atoms with Crippen LogP contribution in [0.15, 0.2) is 346 Å². The Labute approximate surface area is 475 Å². The Hall–Kier alpha value is -10.7. The zero-order chi connectivity index (χ0) is 54.2. The molecule has 0 aromatic heterocycles. The van der Waals surface area contributed by atoms with Gasteiger partial charge in [-0.25, -0.2) is 0 Å². The first-order valence-corrected chi connectivity index (χ1v) is 27.6. The van der Waals surface area contributed by atoms with Gasteiger partial charge in [-0.05, 0) is 194 Å². The quantitative estimate of drug-likeness (QED) is 0.101. The molecule has 0 fully saturated rings. The molecular formula is C78H57N3. The van der Waals surface area contributed by atoms with Crippen LogP contribution in [0.4, 0.5) is 51.2 Å². The van der Waals surface area contributed by atoms with Crippen LogP contribution in [-0.4, -0.2) is 0 Å². The van der Waals surface area contributed by atoms with Crippen LogP contribution in [0, 0.1) is 0 Å². The van der Waals surface area contributed by atoms with Gasteiger partial charge in [0.1, 0.15) is 0 Å². The standard InChI is InChI=1S/C78H57N3/c1-7-23-70(24-8-1)79(71-25-9-2-10-26-71)76-51-49-59(50-52-76)58-37-43-62(44-38-58)67-53-68(63-45-39-60(40-46-63)65-21-19-35-77(56-65)80(72-27-11-3-12-28-72)73-29-13-4-14-30-73)55-69(54-67)64-47-41-61(42-48-64)66-22-20-36-78(57-66)81(74-31-15-5-16-32-74)75-33-17-6-18-34-75/h1-57H. The van der Waals surface area contributed by atoms with Gasteiger partial charge in [0, 0.05) is 51.2 Å². The summed E-state index contributed by atoms with van der Waals surface area (Å²) in [6.45, 7) is 0. The SMILES string of the molecule is c1ccc(N(c2ccccc2)c2ccc(-c3ccc(-c4cc(-c5ccc(-c6cccc(N(c7ccccc7)c7ccccc7)c6)cc5)cc(-c5ccc(-c6cccc(N(c7ccccc7)c7ccccc7)c6)cc5)c4)cc3)cc2)cc1. The Balaban J connectivity index is 0.833. The Morgan fingerprint density at radius 2 is 0.296 bits per heavy atom. The van der Waals surface area contributed by atoms with Gasteiger partial charge in [0.25, 0.3) is 0 Å². The topological polar surface area (TPSA) is 9.72 Å². The van der Waals surface area contributed by atoms with E-state index in [4.69, 9.17) is 0 Å². The molecule has 13 rings (SSSR count). The second-order valence-corrected chi connectivity index (χ2v) is 20.2. The zero-order valence-electron chi connectivity index (χ0n) is 44.8. The fourth-order valence-electron chi connectivity index (χ4n) is 10.9. The van der Waals surface area contributed by atoms with E-state index in [1.807, 2.05) is 0 Å². The Bertz CT molecular complexity index is 3850. The summed E-state index contributed by atoms with van der Waals surface area (Å²) in [5.74, 6) is 0. The van der Waals surface area contributed by atoms with Gasteiger partial charge in [0.05, 0.1) is 0 Å². The summed E-state index contributed by atoms with van der Waals surface area (Å²) in [5, 5.41) is 0. The largest absolute Gasteiger partial charge is 0.311 e. The van der Waals surface area contributed by atoms with Crippen LogP contribution in [0.1, 0.15) is 0 Å². The van der Waals surface area contributed by atoms with Crippen LogP contribution >= 0.6 is 0 Å². The average Bonchev–Trinajstić information content (AvgIpc) is 3.61. The van der Waals surface area contributed by atoms with Gasteiger partial charge in [0.2, 0.25) is 0 Å². The van der Waals surface area contributed by atoms with Crippen molar-refractivity contribution in [1.29, 1.82) is 0 Å². The van der Waals surface area contributed by atoms with Crippen LogP contribution in [-0.2, 0) is 0 Å². The normalized spacial score (nSPS) is 11.0. The molecule has 0 atom stereocenters. The van der Waals surface area contributed by atoms with Gasteiger partial charge in [0.15, 0.2) is 0 Å². The average molecular weight is 1040 g/mol. The van der Waals surface area contributed by atoms with Crippen molar-refractivity contribution in [2.75, 3.05) is 14.7 Å². The van der Waals surface area contributed by atoms with Gasteiger partial charge in [-0.1, -0.05) is 218 Å². The van der Waals surface area contributed by atoms with Crippen molar-refractivity contribution in [1.82, 2.24) is 0 Å². The third-order valence-corrected chi connectivity index (χ3v) is 15.0. The second kappa shape index (κ2) is 23.1. The summed E-state index contributed by atoms with van der Waals surface area (Å²) in [4.78, 5) is 6.93. The molecule has 81 heavy (non-hydrogen) atoms. The van der Waals surface area contributed by atoms with Crippen molar-refractivity contribution < 1.29 is 0 Å². The highest BCUT2D eigenvalue weighted by Gasteiger charge is 2.17. The van der Waals surface area contributed by atoms with E-state index in [-0.39, 0.29) is 0 Å². The number of anilines is 9. The molecule has 0 aliphatic rings. The summed E-state index contributed by atoms with van der Waals surface area (Å²) in [6, 6.07) is 124. The van der Waals surface area contributed by atoms with Crippen molar-refractivity contribution in [3.63, 3.8) is 0 Å². The van der Waals surface area contributed by atoms with E-state index in [9.17, 15) is 0 Å². The number of para-hydroxylation sites is 6. The molecule has 0 N–H and O–H groups in total. The fraction of sp³-hybridized carbons (Fsp3) is 0. The fourth-order valence-corrected chi connectivity index (χ4v) is 10.9. The number of rotatable bonds is 15. The van der Waals surface area contributed by atoms with Crippen LogP contribution in [0.5, 0.6) is 0 Å². The van der Waals surface area contributed by atoms with Gasteiger partial charge in [-0.15, -0.1) is 0 Å². The Morgan fingerprint density at radius 1 is 0.111 bits per heavy atom. The Kier molecular flexibility index (Phi) is 14.2. The van der Waals surface area contributed by atoms with E-state index in [2.05, 4.69) is 360 Å². The molecule has 0 amide bonds. The molecule has 0 heterocycles. The number of hydrogen-bond donors (Lipinski definition) is 0. The predicted molar refractivity (Wildman–Crippen MR) is 343 cm³/mol. The van der Waals surface area contributed by atoms with E-state index in [0.29, 0.717) is 0 Å². The van der Waals surface area contributed by atoms with Crippen LogP contribution in [0.3, 0.4) is 0 Å². The maximum atomic E-state index is 2.34. The monoisotopic (exact) mass is 1040 g/mol. The molecule has 0 aliphatic carbocycles. The van der Waals surface area contributed by atoms with Crippen molar-refractivity contribution in [2.45, 2.75) is 0 Å². The van der Waals surface area contributed by atoms with Crippen molar-refractivity contribution >= 4 is 51.2 Å². The third kappa shape index (κ3) is 10.9. The summed E-state index contributed by atoms with van der Waals surface area (Å²) in [7, 11) is 0.